The number of halogens is 1. The topological polar surface area (TPSA) is 93.1 Å². The second-order valence-electron chi connectivity index (χ2n) is 14.9. The van der Waals surface area contributed by atoms with Gasteiger partial charge in [-0.2, -0.15) is 0 Å². The Morgan fingerprint density at radius 3 is 2.45 bits per heavy atom. The molecule has 0 saturated carbocycles. The molecule has 7 nitrogen and oxygen atoms in total. The second-order valence-corrected chi connectivity index (χ2v) is 23.7. The van der Waals surface area contributed by atoms with E-state index in [1.54, 1.807) is 19.1 Å². The summed E-state index contributed by atoms with van der Waals surface area (Å²) in [6, 6.07) is 9.17. The molecule has 0 unspecified atom stereocenters. The Kier molecular flexibility index (Phi) is 16.2. The van der Waals surface area contributed by atoms with Gasteiger partial charge in [-0.1, -0.05) is 105 Å². The number of carbonyl (C=O) groups excluding carboxylic acids is 3. The number of amides is 2. The maximum absolute atomic E-state index is 14.2. The molecular formula is C38H56INO6S2Si. The lowest BCUT2D eigenvalue weighted by molar-refractivity contribution is -0.142. The Bertz CT molecular complexity index is 1360. The molecule has 0 spiro atoms. The zero-order valence-corrected chi connectivity index (χ0v) is 35.2. The van der Waals surface area contributed by atoms with Gasteiger partial charge in [0, 0.05) is 5.92 Å². The first-order valence-electron chi connectivity index (χ1n) is 17.3. The van der Waals surface area contributed by atoms with Crippen LogP contribution in [0.25, 0.3) is 0 Å². The fourth-order valence-electron chi connectivity index (χ4n) is 5.59. The number of hydrogen-bond donors (Lipinski definition) is 1. The van der Waals surface area contributed by atoms with E-state index in [9.17, 15) is 19.5 Å². The van der Waals surface area contributed by atoms with Crippen molar-refractivity contribution in [2.75, 3.05) is 18.1 Å². The molecule has 11 heteroatoms. The van der Waals surface area contributed by atoms with Gasteiger partial charge in [-0.05, 0) is 90.8 Å². The molecule has 1 N–H and O–H groups in total. The van der Waals surface area contributed by atoms with E-state index >= 15 is 0 Å². The van der Waals surface area contributed by atoms with E-state index in [2.05, 4.69) is 74.4 Å². The van der Waals surface area contributed by atoms with E-state index in [1.807, 2.05) is 66.0 Å². The Morgan fingerprint density at radius 1 is 1.18 bits per heavy atom. The van der Waals surface area contributed by atoms with Crippen molar-refractivity contribution in [3.63, 3.8) is 0 Å². The summed E-state index contributed by atoms with van der Waals surface area (Å²) in [4.78, 5) is 42.4. The fourth-order valence-corrected chi connectivity index (χ4v) is 10.3. The highest BCUT2D eigenvalue weighted by Crippen LogP contribution is 2.46. The summed E-state index contributed by atoms with van der Waals surface area (Å²) in [6.45, 7) is 17.2. The zero-order chi connectivity index (χ0) is 36.4. The predicted molar refractivity (Wildman–Crippen MR) is 216 cm³/mol. The molecule has 0 bridgehead atoms. The highest BCUT2D eigenvalue weighted by atomic mass is 127. The van der Waals surface area contributed by atoms with Crippen LogP contribution in [0.3, 0.4) is 0 Å². The molecule has 2 heterocycles. The molecule has 2 aliphatic heterocycles. The third-order valence-electron chi connectivity index (χ3n) is 9.93. The number of aliphatic hydroxyl groups excluding tert-OH is 1. The molecule has 2 aliphatic rings. The van der Waals surface area contributed by atoms with Gasteiger partial charge in [0.25, 0.3) is 0 Å². The Labute approximate surface area is 317 Å². The number of ether oxygens (including phenoxy) is 1. The van der Waals surface area contributed by atoms with Crippen LogP contribution in [-0.2, 0) is 25.2 Å². The summed E-state index contributed by atoms with van der Waals surface area (Å²) in [7, 11) is -1.98. The average molecular weight is 842 g/mol. The van der Waals surface area contributed by atoms with Crippen LogP contribution in [0.4, 0.5) is 4.79 Å². The third-order valence-corrected chi connectivity index (χ3v) is 18.7. The molecule has 3 rings (SSSR count). The monoisotopic (exact) mass is 841 g/mol. The van der Waals surface area contributed by atoms with Gasteiger partial charge >= 0.3 is 6.09 Å². The number of thioether (sulfide) groups is 2. The number of ketones is 1. The maximum atomic E-state index is 14.2. The van der Waals surface area contributed by atoms with Gasteiger partial charge in [0.05, 0.1) is 28.2 Å². The Hall–Kier alpha value is -1.38. The number of cyclic esters (lactones) is 1. The van der Waals surface area contributed by atoms with Gasteiger partial charge in [-0.3, -0.25) is 9.59 Å². The lowest BCUT2D eigenvalue weighted by atomic mass is 9.85. The molecule has 49 heavy (non-hydrogen) atoms. The first kappa shape index (κ1) is 42.0. The molecule has 0 radical (unpaired) electrons. The van der Waals surface area contributed by atoms with Gasteiger partial charge in [0.15, 0.2) is 14.1 Å². The van der Waals surface area contributed by atoms with Gasteiger partial charge in [-0.25, -0.2) is 9.69 Å². The first-order valence-corrected chi connectivity index (χ1v) is 23.4. The van der Waals surface area contributed by atoms with E-state index in [1.165, 1.54) is 5.57 Å². The van der Waals surface area contributed by atoms with E-state index in [4.69, 9.17) is 9.16 Å². The molecule has 2 fully saturated rings. The molecular weight excluding hydrogens is 786 g/mol. The van der Waals surface area contributed by atoms with Crippen molar-refractivity contribution in [2.24, 2.45) is 11.8 Å². The molecule has 2 amide bonds. The number of rotatable bonds is 16. The van der Waals surface area contributed by atoms with Crippen LogP contribution in [0, 0.1) is 11.8 Å². The number of imide groups is 1. The van der Waals surface area contributed by atoms with E-state index in [0.717, 1.165) is 28.4 Å². The van der Waals surface area contributed by atoms with E-state index in [-0.39, 0.29) is 27.6 Å². The lowest BCUT2D eigenvalue weighted by Gasteiger charge is -2.39. The van der Waals surface area contributed by atoms with Crippen molar-refractivity contribution >= 4 is 72.2 Å². The highest BCUT2D eigenvalue weighted by molar-refractivity contribution is 14.1. The summed E-state index contributed by atoms with van der Waals surface area (Å²) in [5.74, 6) is -0.713. The number of benzene rings is 1. The molecule has 1 aromatic carbocycles. The Balaban J connectivity index is 1.74. The number of nitrogens with zero attached hydrogens (tertiary/aromatic N) is 1. The highest BCUT2D eigenvalue weighted by Gasteiger charge is 2.45. The zero-order valence-electron chi connectivity index (χ0n) is 30.4. The van der Waals surface area contributed by atoms with Gasteiger partial charge in [-0.15, -0.1) is 23.5 Å². The smallest absolute Gasteiger partial charge is 0.417 e. The normalized spacial score (nSPS) is 21.5. The summed E-state index contributed by atoms with van der Waals surface area (Å²) in [5.41, 5.74) is 2.15. The van der Waals surface area contributed by atoms with Crippen molar-refractivity contribution in [2.45, 2.75) is 114 Å². The quantitative estimate of drug-likeness (QED) is 0.0763. The third kappa shape index (κ3) is 12.1. The predicted octanol–water partition coefficient (Wildman–Crippen LogP) is 9.36. The van der Waals surface area contributed by atoms with E-state index in [0.29, 0.717) is 25.7 Å². The lowest BCUT2D eigenvalue weighted by Crippen LogP contribution is -2.47. The Morgan fingerprint density at radius 2 is 1.84 bits per heavy atom. The number of aliphatic hydroxyl groups is 1. The van der Waals surface area contributed by atoms with Crippen LogP contribution in [0.5, 0.6) is 0 Å². The van der Waals surface area contributed by atoms with Crippen LogP contribution >= 0.6 is 46.1 Å². The number of allylic oxidation sites excluding steroid dienone is 2. The van der Waals surface area contributed by atoms with Crippen LogP contribution in [-0.4, -0.2) is 76.5 Å². The number of carbonyl (C=O) groups is 3. The molecule has 2 saturated heterocycles. The maximum Gasteiger partial charge on any atom is 0.417 e. The van der Waals surface area contributed by atoms with Crippen LogP contribution < -0.4 is 0 Å². The van der Waals surface area contributed by atoms with Crippen molar-refractivity contribution in [3.05, 3.63) is 69.9 Å². The first-order chi connectivity index (χ1) is 23.0. The van der Waals surface area contributed by atoms with Crippen molar-refractivity contribution in [1.82, 2.24) is 4.90 Å². The molecule has 272 valence electrons. The van der Waals surface area contributed by atoms with Gasteiger partial charge in [0.1, 0.15) is 6.61 Å². The summed E-state index contributed by atoms with van der Waals surface area (Å²) in [5, 5.41) is 11.2. The van der Waals surface area contributed by atoms with Crippen LogP contribution in [0.2, 0.25) is 18.1 Å². The number of hydrogen-bond acceptors (Lipinski definition) is 8. The fraction of sp³-hybridized carbons (Fsp3) is 0.605. The van der Waals surface area contributed by atoms with Crippen molar-refractivity contribution < 1.29 is 28.7 Å². The molecule has 5 atom stereocenters. The molecule has 0 aromatic heterocycles. The second kappa shape index (κ2) is 18.9. The van der Waals surface area contributed by atoms with E-state index < -0.39 is 44.3 Å². The summed E-state index contributed by atoms with van der Waals surface area (Å²) < 4.78 is 14.0. The molecule has 0 aliphatic carbocycles. The average Bonchev–Trinajstić information content (AvgIpc) is 3.42. The minimum absolute atomic E-state index is 0.0371. The minimum atomic E-state index is -1.98. The summed E-state index contributed by atoms with van der Waals surface area (Å²) in [6.07, 6.45) is 8.62. The van der Waals surface area contributed by atoms with Crippen LogP contribution in [0.15, 0.2) is 64.3 Å². The molecule has 1 aromatic rings. The largest absolute Gasteiger partial charge is 0.447 e. The SMILES string of the molecule is C/C(=C\I)[C@H](C/C=C/C=C/[C@H](O)[C@H](C)C(=O)[C@@H](CCC1(C)SCCCS1)C(=O)N1C(=O)OC[C@@H]1Cc1ccccc1)O[Si](C)(C)C(C)(C)C. The van der Waals surface area contributed by atoms with Crippen molar-refractivity contribution in [1.29, 1.82) is 0 Å². The minimum Gasteiger partial charge on any atom is -0.447 e. The van der Waals surface area contributed by atoms with Gasteiger partial charge < -0.3 is 14.3 Å². The van der Waals surface area contributed by atoms with Gasteiger partial charge in [0.2, 0.25) is 5.91 Å². The van der Waals surface area contributed by atoms with Crippen molar-refractivity contribution in [3.8, 4) is 0 Å². The number of Topliss-reactive ketones (excluding diaryl/α,β-unsaturated/α-hetero) is 1. The summed E-state index contributed by atoms with van der Waals surface area (Å²) >= 11 is 5.98. The standard InChI is InChI=1S/C38H56INO6S2Si/c1-27(25-39)33(46-49(7,8)37(3,4)5)19-14-10-13-18-32(41)28(2)34(42)31(20-21-38(6)47-22-15-23-48-38)35(43)40-30(26-45-36(40)44)24-29-16-11-9-12-17-29/h9-14,16-18,25,28,30-33,41H,15,19-24,26H2,1-8H3/b14-10+,18-13+,27-25+/t28-,30-,31+,32-,33-/m0/s1. The van der Waals surface area contributed by atoms with Crippen LogP contribution in [0.1, 0.15) is 72.8 Å².